The van der Waals surface area contributed by atoms with Crippen molar-refractivity contribution in [1.82, 2.24) is 0 Å². The summed E-state index contributed by atoms with van der Waals surface area (Å²) in [6.45, 7) is 7.62. The standard InChI is InChI=1S/C19H25NO2/c1-4-16-9-11-18(12-10-16)22-15(3)14-20-17-7-6-8-19(13-17)21-5-2/h6-13,15,20H,4-5,14H2,1-3H3. The Balaban J connectivity index is 1.83. The molecular formula is C19H25NO2. The Morgan fingerprint density at radius 1 is 1.00 bits per heavy atom. The van der Waals surface area contributed by atoms with Gasteiger partial charge in [-0.15, -0.1) is 0 Å². The molecule has 0 aromatic heterocycles. The summed E-state index contributed by atoms with van der Waals surface area (Å²) >= 11 is 0. The monoisotopic (exact) mass is 299 g/mol. The maximum absolute atomic E-state index is 5.92. The molecule has 1 atom stereocenters. The summed E-state index contributed by atoms with van der Waals surface area (Å²) in [5.74, 6) is 1.80. The molecule has 0 spiro atoms. The van der Waals surface area contributed by atoms with Crippen LogP contribution in [0.4, 0.5) is 5.69 Å². The fourth-order valence-corrected chi connectivity index (χ4v) is 2.20. The Morgan fingerprint density at radius 2 is 1.77 bits per heavy atom. The first-order chi connectivity index (χ1) is 10.7. The van der Waals surface area contributed by atoms with Crippen molar-refractivity contribution in [3.05, 3.63) is 54.1 Å². The zero-order chi connectivity index (χ0) is 15.8. The van der Waals surface area contributed by atoms with Crippen LogP contribution in [0.2, 0.25) is 0 Å². The average Bonchev–Trinajstić information content (AvgIpc) is 2.54. The number of anilines is 1. The lowest BCUT2D eigenvalue weighted by atomic mass is 10.2. The lowest BCUT2D eigenvalue weighted by Crippen LogP contribution is -2.22. The van der Waals surface area contributed by atoms with Gasteiger partial charge in [0.2, 0.25) is 0 Å². The molecule has 2 aromatic rings. The number of aryl methyl sites for hydroxylation is 1. The van der Waals surface area contributed by atoms with E-state index in [-0.39, 0.29) is 6.10 Å². The van der Waals surface area contributed by atoms with Gasteiger partial charge in [0.25, 0.3) is 0 Å². The summed E-state index contributed by atoms with van der Waals surface area (Å²) < 4.78 is 11.4. The van der Waals surface area contributed by atoms with Crippen molar-refractivity contribution in [2.75, 3.05) is 18.5 Å². The quantitative estimate of drug-likeness (QED) is 0.777. The Kier molecular flexibility index (Phi) is 6.13. The fourth-order valence-electron chi connectivity index (χ4n) is 2.20. The van der Waals surface area contributed by atoms with Gasteiger partial charge in [0.1, 0.15) is 17.6 Å². The van der Waals surface area contributed by atoms with Gasteiger partial charge in [0, 0.05) is 11.8 Å². The highest BCUT2D eigenvalue weighted by Crippen LogP contribution is 2.18. The first-order valence-corrected chi connectivity index (χ1v) is 7.93. The molecule has 0 radical (unpaired) electrons. The second-order valence-corrected chi connectivity index (χ2v) is 5.27. The van der Waals surface area contributed by atoms with Gasteiger partial charge in [-0.05, 0) is 50.1 Å². The number of rotatable bonds is 8. The zero-order valence-corrected chi connectivity index (χ0v) is 13.6. The van der Waals surface area contributed by atoms with Crippen molar-refractivity contribution in [1.29, 1.82) is 0 Å². The third-order valence-electron chi connectivity index (χ3n) is 3.41. The molecule has 1 N–H and O–H groups in total. The summed E-state index contributed by atoms with van der Waals surface area (Å²) in [6.07, 6.45) is 1.14. The molecule has 1 unspecified atom stereocenters. The molecule has 0 bridgehead atoms. The van der Waals surface area contributed by atoms with Gasteiger partial charge in [-0.1, -0.05) is 25.1 Å². The second kappa shape index (κ2) is 8.32. The Morgan fingerprint density at radius 3 is 2.45 bits per heavy atom. The smallest absolute Gasteiger partial charge is 0.121 e. The Labute approximate surface area is 133 Å². The molecule has 2 aromatic carbocycles. The van der Waals surface area contributed by atoms with Crippen LogP contribution >= 0.6 is 0 Å². The number of hydrogen-bond donors (Lipinski definition) is 1. The molecule has 0 fully saturated rings. The fraction of sp³-hybridized carbons (Fsp3) is 0.368. The molecule has 22 heavy (non-hydrogen) atoms. The average molecular weight is 299 g/mol. The number of nitrogens with one attached hydrogen (secondary N) is 1. The molecule has 0 aliphatic carbocycles. The van der Waals surface area contributed by atoms with E-state index < -0.39 is 0 Å². The molecule has 0 heterocycles. The zero-order valence-electron chi connectivity index (χ0n) is 13.6. The summed E-state index contributed by atoms with van der Waals surface area (Å²) in [7, 11) is 0. The minimum Gasteiger partial charge on any atom is -0.494 e. The van der Waals surface area contributed by atoms with Crippen LogP contribution in [0, 0.1) is 0 Å². The Bertz CT molecular complexity index is 566. The molecular weight excluding hydrogens is 274 g/mol. The normalized spacial score (nSPS) is 11.8. The van der Waals surface area contributed by atoms with E-state index in [1.807, 2.05) is 43.3 Å². The van der Waals surface area contributed by atoms with E-state index >= 15 is 0 Å². The van der Waals surface area contributed by atoms with Gasteiger partial charge < -0.3 is 14.8 Å². The minimum absolute atomic E-state index is 0.0863. The van der Waals surface area contributed by atoms with E-state index in [1.54, 1.807) is 0 Å². The molecule has 3 nitrogen and oxygen atoms in total. The van der Waals surface area contributed by atoms with Crippen LogP contribution in [0.25, 0.3) is 0 Å². The lowest BCUT2D eigenvalue weighted by molar-refractivity contribution is 0.234. The maximum atomic E-state index is 5.92. The van der Waals surface area contributed by atoms with Crippen LogP contribution in [-0.4, -0.2) is 19.3 Å². The van der Waals surface area contributed by atoms with Gasteiger partial charge >= 0.3 is 0 Å². The first-order valence-electron chi connectivity index (χ1n) is 7.93. The van der Waals surface area contributed by atoms with Crippen LogP contribution in [-0.2, 0) is 6.42 Å². The van der Waals surface area contributed by atoms with Crippen LogP contribution in [0.3, 0.4) is 0 Å². The van der Waals surface area contributed by atoms with Crippen LogP contribution < -0.4 is 14.8 Å². The summed E-state index contributed by atoms with van der Waals surface area (Å²) in [5, 5.41) is 3.38. The summed E-state index contributed by atoms with van der Waals surface area (Å²) in [5.41, 5.74) is 2.37. The van der Waals surface area contributed by atoms with Gasteiger partial charge in [-0.25, -0.2) is 0 Å². The number of benzene rings is 2. The SMILES string of the molecule is CCOc1cccc(NCC(C)Oc2ccc(CC)cc2)c1. The number of hydrogen-bond acceptors (Lipinski definition) is 3. The maximum Gasteiger partial charge on any atom is 0.121 e. The topological polar surface area (TPSA) is 30.5 Å². The van der Waals surface area contributed by atoms with Gasteiger partial charge in [-0.2, -0.15) is 0 Å². The lowest BCUT2D eigenvalue weighted by Gasteiger charge is -2.17. The van der Waals surface area contributed by atoms with Crippen LogP contribution in [0.15, 0.2) is 48.5 Å². The van der Waals surface area contributed by atoms with Crippen molar-refractivity contribution in [2.45, 2.75) is 33.3 Å². The van der Waals surface area contributed by atoms with E-state index in [1.165, 1.54) is 5.56 Å². The molecule has 2 rings (SSSR count). The molecule has 3 heteroatoms. The molecule has 0 aliphatic heterocycles. The van der Waals surface area contributed by atoms with Crippen molar-refractivity contribution in [3.8, 4) is 11.5 Å². The van der Waals surface area contributed by atoms with Crippen LogP contribution in [0.1, 0.15) is 26.3 Å². The molecule has 0 saturated carbocycles. The molecule has 0 aliphatic rings. The van der Waals surface area contributed by atoms with Crippen molar-refractivity contribution >= 4 is 5.69 Å². The predicted octanol–water partition coefficient (Wildman–Crippen LogP) is 4.53. The van der Waals surface area contributed by atoms with Gasteiger partial charge in [0.15, 0.2) is 0 Å². The predicted molar refractivity (Wildman–Crippen MR) is 92.0 cm³/mol. The van der Waals surface area contributed by atoms with Crippen LogP contribution in [0.5, 0.6) is 11.5 Å². The third-order valence-corrected chi connectivity index (χ3v) is 3.41. The Hall–Kier alpha value is -2.16. The molecule has 0 amide bonds. The minimum atomic E-state index is 0.0863. The highest BCUT2D eigenvalue weighted by Gasteiger charge is 2.04. The van der Waals surface area contributed by atoms with Crippen molar-refractivity contribution in [2.24, 2.45) is 0 Å². The van der Waals surface area contributed by atoms with E-state index in [9.17, 15) is 0 Å². The summed E-state index contributed by atoms with van der Waals surface area (Å²) in [6, 6.07) is 16.3. The molecule has 118 valence electrons. The number of ether oxygens (including phenoxy) is 2. The van der Waals surface area contributed by atoms with Crippen molar-refractivity contribution < 1.29 is 9.47 Å². The van der Waals surface area contributed by atoms with Gasteiger partial charge in [-0.3, -0.25) is 0 Å². The third kappa shape index (κ3) is 4.99. The van der Waals surface area contributed by atoms with E-state index in [0.29, 0.717) is 6.61 Å². The summed E-state index contributed by atoms with van der Waals surface area (Å²) in [4.78, 5) is 0. The molecule has 0 saturated heterocycles. The van der Waals surface area contributed by atoms with E-state index in [4.69, 9.17) is 9.47 Å². The first kappa shape index (κ1) is 16.2. The van der Waals surface area contributed by atoms with E-state index in [0.717, 1.165) is 30.2 Å². The largest absolute Gasteiger partial charge is 0.494 e. The van der Waals surface area contributed by atoms with Crippen molar-refractivity contribution in [3.63, 3.8) is 0 Å². The highest BCUT2D eigenvalue weighted by molar-refractivity contribution is 5.48. The second-order valence-electron chi connectivity index (χ2n) is 5.27. The van der Waals surface area contributed by atoms with Gasteiger partial charge in [0.05, 0.1) is 13.2 Å². The van der Waals surface area contributed by atoms with E-state index in [2.05, 4.69) is 31.3 Å². The highest BCUT2D eigenvalue weighted by atomic mass is 16.5.